The Labute approximate surface area is 165 Å². The second-order valence-electron chi connectivity index (χ2n) is 7.43. The molecule has 8 heteroatoms. The molecule has 148 valence electrons. The van der Waals surface area contributed by atoms with Gasteiger partial charge in [0.25, 0.3) is 0 Å². The van der Waals surface area contributed by atoms with Crippen molar-refractivity contribution in [2.45, 2.75) is 44.2 Å². The highest BCUT2D eigenvalue weighted by atomic mass is 32.2. The Morgan fingerprint density at radius 3 is 2.29 bits per heavy atom. The fraction of sp³-hybridized carbons (Fsp3) is 0.300. The van der Waals surface area contributed by atoms with Crippen molar-refractivity contribution in [3.63, 3.8) is 0 Å². The first-order valence-electron chi connectivity index (χ1n) is 8.72. The molecule has 28 heavy (non-hydrogen) atoms. The number of sulfonamides is 1. The zero-order chi connectivity index (χ0) is 20.9. The summed E-state index contributed by atoms with van der Waals surface area (Å²) in [6.45, 7) is 6.97. The van der Waals surface area contributed by atoms with Crippen LogP contribution in [0.15, 0.2) is 53.4 Å². The summed E-state index contributed by atoms with van der Waals surface area (Å²) in [6.07, 6.45) is 0. The highest BCUT2D eigenvalue weighted by Gasteiger charge is 2.22. The molecule has 2 rings (SSSR count). The average Bonchev–Trinajstić information content (AvgIpc) is 2.60. The largest absolute Gasteiger partial charge is 0.374 e. The van der Waals surface area contributed by atoms with E-state index in [1.54, 1.807) is 64.1 Å². The van der Waals surface area contributed by atoms with E-state index in [0.717, 1.165) is 0 Å². The van der Waals surface area contributed by atoms with Gasteiger partial charge >= 0.3 is 0 Å². The van der Waals surface area contributed by atoms with Gasteiger partial charge in [-0.1, -0.05) is 6.07 Å². The fourth-order valence-corrected chi connectivity index (χ4v) is 3.87. The van der Waals surface area contributed by atoms with Crippen LogP contribution in [0.25, 0.3) is 0 Å². The molecule has 0 unspecified atom stereocenters. The molecular formula is C20H24N4O3S. The molecule has 0 bridgehead atoms. The molecular weight excluding hydrogens is 376 g/mol. The molecule has 2 aromatic rings. The number of rotatable bonds is 6. The number of nitrogens with one attached hydrogen (secondary N) is 3. The zero-order valence-electron chi connectivity index (χ0n) is 16.3. The van der Waals surface area contributed by atoms with Crippen molar-refractivity contribution in [3.8, 4) is 6.07 Å². The van der Waals surface area contributed by atoms with Crippen LogP contribution in [0.3, 0.4) is 0 Å². The van der Waals surface area contributed by atoms with Gasteiger partial charge in [0.15, 0.2) is 0 Å². The lowest BCUT2D eigenvalue weighted by Gasteiger charge is -2.21. The highest BCUT2D eigenvalue weighted by molar-refractivity contribution is 7.89. The summed E-state index contributed by atoms with van der Waals surface area (Å²) in [5, 5.41) is 14.6. The maximum atomic E-state index is 12.5. The summed E-state index contributed by atoms with van der Waals surface area (Å²) in [5.41, 5.74) is 0.991. The number of carbonyl (C=O) groups excluding carboxylic acids is 1. The second-order valence-corrected chi connectivity index (χ2v) is 9.11. The number of nitrogens with zero attached hydrogens (tertiary/aromatic N) is 1. The van der Waals surface area contributed by atoms with E-state index in [-0.39, 0.29) is 10.8 Å². The van der Waals surface area contributed by atoms with Crippen LogP contribution in [-0.2, 0) is 14.8 Å². The lowest BCUT2D eigenvalue weighted by atomic mass is 10.1. The van der Waals surface area contributed by atoms with Gasteiger partial charge in [0.05, 0.1) is 16.5 Å². The molecule has 0 aliphatic carbocycles. The van der Waals surface area contributed by atoms with Crippen LogP contribution in [-0.4, -0.2) is 25.9 Å². The van der Waals surface area contributed by atoms with Gasteiger partial charge in [0.1, 0.15) is 6.04 Å². The molecule has 0 heterocycles. The van der Waals surface area contributed by atoms with Gasteiger partial charge in [-0.3, -0.25) is 4.79 Å². The van der Waals surface area contributed by atoms with E-state index in [1.807, 2.05) is 6.07 Å². The molecule has 0 saturated carbocycles. The number of nitriles is 1. The minimum atomic E-state index is -3.67. The molecule has 0 fully saturated rings. The monoisotopic (exact) mass is 400 g/mol. The van der Waals surface area contributed by atoms with Crippen molar-refractivity contribution in [2.75, 3.05) is 10.6 Å². The standard InChI is InChI=1S/C20H24N4O3S/c1-14(19(25)23-16-10-8-15(13-21)9-11-16)22-17-6-5-7-18(12-17)28(26,27)24-20(2,3)4/h5-12,14,22,24H,1-4H3,(H,23,25)/t14-/m0/s1. The third-order valence-electron chi connectivity index (χ3n) is 3.64. The van der Waals surface area contributed by atoms with Crippen LogP contribution < -0.4 is 15.4 Å². The summed E-state index contributed by atoms with van der Waals surface area (Å²) in [6, 6.07) is 14.2. The Morgan fingerprint density at radius 2 is 1.71 bits per heavy atom. The van der Waals surface area contributed by atoms with Crippen molar-refractivity contribution in [3.05, 3.63) is 54.1 Å². The van der Waals surface area contributed by atoms with E-state index in [2.05, 4.69) is 15.4 Å². The minimum absolute atomic E-state index is 0.118. The van der Waals surface area contributed by atoms with Gasteiger partial charge in [-0.2, -0.15) is 5.26 Å². The van der Waals surface area contributed by atoms with E-state index in [0.29, 0.717) is 16.9 Å². The normalized spacial score (nSPS) is 12.7. The Balaban J connectivity index is 2.08. The number of anilines is 2. The van der Waals surface area contributed by atoms with Gasteiger partial charge in [-0.05, 0) is 70.2 Å². The van der Waals surface area contributed by atoms with Gasteiger partial charge in [-0.15, -0.1) is 0 Å². The van der Waals surface area contributed by atoms with Gasteiger partial charge in [0.2, 0.25) is 15.9 Å². The number of amides is 1. The topological polar surface area (TPSA) is 111 Å². The molecule has 3 N–H and O–H groups in total. The smallest absolute Gasteiger partial charge is 0.246 e. The molecule has 0 radical (unpaired) electrons. The predicted molar refractivity (Wildman–Crippen MR) is 109 cm³/mol. The number of hydrogen-bond donors (Lipinski definition) is 3. The van der Waals surface area contributed by atoms with E-state index in [1.165, 1.54) is 12.1 Å². The molecule has 1 atom stereocenters. The fourth-order valence-electron chi connectivity index (χ4n) is 2.41. The molecule has 2 aromatic carbocycles. The maximum Gasteiger partial charge on any atom is 0.246 e. The third-order valence-corrected chi connectivity index (χ3v) is 5.40. The van der Waals surface area contributed by atoms with Crippen LogP contribution in [0.2, 0.25) is 0 Å². The lowest BCUT2D eigenvalue weighted by molar-refractivity contribution is -0.116. The van der Waals surface area contributed by atoms with Crippen LogP contribution in [0.5, 0.6) is 0 Å². The predicted octanol–water partition coefficient (Wildman–Crippen LogP) is 3.07. The summed E-state index contributed by atoms with van der Waals surface area (Å²) in [4.78, 5) is 12.5. The zero-order valence-corrected chi connectivity index (χ0v) is 17.1. The Bertz CT molecular complexity index is 987. The molecule has 7 nitrogen and oxygen atoms in total. The number of benzene rings is 2. The van der Waals surface area contributed by atoms with Gasteiger partial charge < -0.3 is 10.6 Å². The van der Waals surface area contributed by atoms with Crippen molar-refractivity contribution >= 4 is 27.3 Å². The Morgan fingerprint density at radius 1 is 1.07 bits per heavy atom. The maximum absolute atomic E-state index is 12.5. The van der Waals surface area contributed by atoms with E-state index >= 15 is 0 Å². The summed E-state index contributed by atoms with van der Waals surface area (Å²) < 4.78 is 27.5. The van der Waals surface area contributed by atoms with Crippen molar-refractivity contribution in [1.82, 2.24) is 4.72 Å². The molecule has 0 saturated heterocycles. The third kappa shape index (κ3) is 6.08. The summed E-state index contributed by atoms with van der Waals surface area (Å²) in [7, 11) is -3.67. The van der Waals surface area contributed by atoms with Crippen LogP contribution in [0.4, 0.5) is 11.4 Å². The minimum Gasteiger partial charge on any atom is -0.374 e. The highest BCUT2D eigenvalue weighted by Crippen LogP contribution is 2.18. The molecule has 0 spiro atoms. The van der Waals surface area contributed by atoms with E-state index in [4.69, 9.17) is 5.26 Å². The lowest BCUT2D eigenvalue weighted by Crippen LogP contribution is -2.40. The molecule has 1 amide bonds. The Hall–Kier alpha value is -2.89. The SMILES string of the molecule is C[C@H](Nc1cccc(S(=O)(=O)NC(C)(C)C)c1)C(=O)Nc1ccc(C#N)cc1. The molecule has 0 aliphatic heterocycles. The van der Waals surface area contributed by atoms with Gasteiger partial charge in [0, 0.05) is 16.9 Å². The number of carbonyl (C=O) groups is 1. The Kier molecular flexibility index (Phi) is 6.44. The number of hydrogen-bond acceptors (Lipinski definition) is 5. The van der Waals surface area contributed by atoms with Gasteiger partial charge in [-0.25, -0.2) is 13.1 Å². The van der Waals surface area contributed by atoms with Crippen LogP contribution in [0.1, 0.15) is 33.3 Å². The first-order chi connectivity index (χ1) is 13.0. The van der Waals surface area contributed by atoms with Crippen molar-refractivity contribution in [1.29, 1.82) is 5.26 Å². The molecule has 0 aliphatic rings. The first kappa shape index (κ1) is 21.4. The van der Waals surface area contributed by atoms with Crippen molar-refractivity contribution < 1.29 is 13.2 Å². The van der Waals surface area contributed by atoms with E-state index in [9.17, 15) is 13.2 Å². The average molecular weight is 401 g/mol. The van der Waals surface area contributed by atoms with Crippen molar-refractivity contribution in [2.24, 2.45) is 0 Å². The van der Waals surface area contributed by atoms with Crippen LogP contribution >= 0.6 is 0 Å². The first-order valence-corrected chi connectivity index (χ1v) is 10.2. The summed E-state index contributed by atoms with van der Waals surface area (Å²) in [5.74, 6) is -0.286. The molecule has 0 aromatic heterocycles. The summed E-state index contributed by atoms with van der Waals surface area (Å²) >= 11 is 0. The quantitative estimate of drug-likeness (QED) is 0.690. The van der Waals surface area contributed by atoms with E-state index < -0.39 is 21.6 Å². The van der Waals surface area contributed by atoms with Crippen LogP contribution in [0, 0.1) is 11.3 Å². The second kappa shape index (κ2) is 8.42.